The van der Waals surface area contributed by atoms with E-state index < -0.39 is 0 Å². The lowest BCUT2D eigenvalue weighted by atomic mass is 9.93. The highest BCUT2D eigenvalue weighted by atomic mass is 79.9. The first kappa shape index (κ1) is 18.5. The second-order valence-electron chi connectivity index (χ2n) is 7.14. The third kappa shape index (κ3) is 2.98. The number of carbonyl (C=O) groups excluding carboxylic acids is 1. The van der Waals surface area contributed by atoms with E-state index in [4.69, 9.17) is 11.6 Å². The molecule has 0 saturated heterocycles. The molecule has 4 aromatic rings. The first-order chi connectivity index (χ1) is 14.2. The molecule has 1 N–H and O–H groups in total. The number of carbonyl (C=O) groups is 1. The molecule has 5 heteroatoms. The Morgan fingerprint density at radius 1 is 0.966 bits per heavy atom. The van der Waals surface area contributed by atoms with Crippen LogP contribution in [0.3, 0.4) is 0 Å². The van der Waals surface area contributed by atoms with Crippen LogP contribution in [-0.2, 0) is 0 Å². The zero-order valence-corrected chi connectivity index (χ0v) is 17.9. The van der Waals surface area contributed by atoms with E-state index in [0.717, 1.165) is 43.3 Å². The van der Waals surface area contributed by atoms with E-state index in [2.05, 4.69) is 51.2 Å². The zero-order chi connectivity index (χ0) is 20.0. The minimum absolute atomic E-state index is 0.0401. The summed E-state index contributed by atoms with van der Waals surface area (Å²) in [6, 6.07) is 24.2. The summed E-state index contributed by atoms with van der Waals surface area (Å²) in [5.74, 6) is 0.435. The van der Waals surface area contributed by atoms with Gasteiger partial charge in [0, 0.05) is 38.9 Å². The fourth-order valence-electron chi connectivity index (χ4n) is 4.30. The van der Waals surface area contributed by atoms with Crippen LogP contribution < -0.4 is 0 Å². The standard InChI is InChI=1S/C24H18BrClN2O/c25-16-11-9-15(10-12-16)22-21(19-7-3-4-8-20(19)27-22)23-17-5-1-2-6-18(17)24(29)28(23)14-13-26/h1-12,23,27H,13-14H2/t23-/m0/s1. The highest BCUT2D eigenvalue weighted by molar-refractivity contribution is 9.10. The van der Waals surface area contributed by atoms with Crippen molar-refractivity contribution in [3.05, 3.63) is 94.0 Å². The summed E-state index contributed by atoms with van der Waals surface area (Å²) in [4.78, 5) is 18.7. The van der Waals surface area contributed by atoms with Crippen LogP contribution in [0.1, 0.15) is 27.5 Å². The maximum absolute atomic E-state index is 13.2. The van der Waals surface area contributed by atoms with Crippen molar-refractivity contribution in [2.45, 2.75) is 6.04 Å². The van der Waals surface area contributed by atoms with Gasteiger partial charge in [0.15, 0.2) is 0 Å². The second-order valence-corrected chi connectivity index (χ2v) is 8.44. The average molecular weight is 466 g/mol. The smallest absolute Gasteiger partial charge is 0.255 e. The summed E-state index contributed by atoms with van der Waals surface area (Å²) < 4.78 is 1.03. The van der Waals surface area contributed by atoms with Gasteiger partial charge < -0.3 is 9.88 Å². The van der Waals surface area contributed by atoms with Crippen LogP contribution in [0.25, 0.3) is 22.2 Å². The van der Waals surface area contributed by atoms with Crippen LogP contribution in [-0.4, -0.2) is 28.2 Å². The molecule has 0 fully saturated rings. The normalized spacial score (nSPS) is 15.9. The Morgan fingerprint density at radius 3 is 2.48 bits per heavy atom. The van der Waals surface area contributed by atoms with E-state index in [1.54, 1.807) is 0 Å². The molecule has 0 saturated carbocycles. The third-order valence-electron chi connectivity index (χ3n) is 5.54. The molecule has 5 rings (SSSR count). The molecule has 0 aliphatic carbocycles. The number of amides is 1. The predicted octanol–water partition coefficient (Wildman–Crippen LogP) is 6.38. The van der Waals surface area contributed by atoms with Gasteiger partial charge in [-0.15, -0.1) is 11.6 Å². The highest BCUT2D eigenvalue weighted by Crippen LogP contribution is 2.45. The van der Waals surface area contributed by atoms with Crippen LogP contribution in [0, 0.1) is 0 Å². The number of nitrogens with zero attached hydrogens (tertiary/aromatic N) is 1. The molecule has 3 aromatic carbocycles. The molecular weight excluding hydrogens is 448 g/mol. The van der Waals surface area contributed by atoms with Crippen molar-refractivity contribution in [3.8, 4) is 11.3 Å². The minimum atomic E-state index is -0.174. The zero-order valence-electron chi connectivity index (χ0n) is 15.5. The number of para-hydroxylation sites is 1. The molecular formula is C24H18BrClN2O. The molecule has 3 nitrogen and oxygen atoms in total. The van der Waals surface area contributed by atoms with E-state index in [1.165, 1.54) is 0 Å². The van der Waals surface area contributed by atoms with Gasteiger partial charge in [-0.05, 0) is 35.4 Å². The van der Waals surface area contributed by atoms with Gasteiger partial charge >= 0.3 is 0 Å². The summed E-state index contributed by atoms with van der Waals surface area (Å²) in [7, 11) is 0. The summed E-state index contributed by atoms with van der Waals surface area (Å²) in [5, 5.41) is 1.12. The highest BCUT2D eigenvalue weighted by Gasteiger charge is 2.39. The molecule has 1 amide bonds. The van der Waals surface area contributed by atoms with Gasteiger partial charge in [0.1, 0.15) is 0 Å². The average Bonchev–Trinajstić information content (AvgIpc) is 3.25. The molecule has 1 aromatic heterocycles. The number of nitrogens with one attached hydrogen (secondary N) is 1. The van der Waals surface area contributed by atoms with Gasteiger partial charge in [-0.25, -0.2) is 0 Å². The number of H-pyrrole nitrogens is 1. The number of halogens is 2. The number of fused-ring (bicyclic) bond motifs is 2. The van der Waals surface area contributed by atoms with E-state index in [-0.39, 0.29) is 11.9 Å². The van der Waals surface area contributed by atoms with Crippen LogP contribution >= 0.6 is 27.5 Å². The Kier molecular flexibility index (Phi) is 4.69. The van der Waals surface area contributed by atoms with Crippen LogP contribution in [0.15, 0.2) is 77.3 Å². The number of alkyl halides is 1. The molecule has 0 spiro atoms. The van der Waals surface area contributed by atoms with Gasteiger partial charge in [0.05, 0.1) is 11.7 Å². The predicted molar refractivity (Wildman–Crippen MR) is 121 cm³/mol. The van der Waals surface area contributed by atoms with Crippen LogP contribution in [0.5, 0.6) is 0 Å². The summed E-state index contributed by atoms with van der Waals surface area (Å²) in [6.07, 6.45) is 0. The first-order valence-electron chi connectivity index (χ1n) is 9.51. The molecule has 29 heavy (non-hydrogen) atoms. The summed E-state index contributed by atoms with van der Waals surface area (Å²) >= 11 is 9.62. The van der Waals surface area contributed by atoms with Crippen molar-refractivity contribution in [2.75, 3.05) is 12.4 Å². The number of aromatic amines is 1. The Morgan fingerprint density at radius 2 is 1.69 bits per heavy atom. The van der Waals surface area contributed by atoms with Gasteiger partial charge in [0.25, 0.3) is 5.91 Å². The summed E-state index contributed by atoms with van der Waals surface area (Å²) in [5.41, 5.74) is 6.09. The first-order valence-corrected chi connectivity index (χ1v) is 10.8. The van der Waals surface area contributed by atoms with E-state index in [1.807, 2.05) is 47.4 Å². The van der Waals surface area contributed by atoms with Crippen molar-refractivity contribution < 1.29 is 4.79 Å². The van der Waals surface area contributed by atoms with Crippen molar-refractivity contribution in [3.63, 3.8) is 0 Å². The number of rotatable bonds is 4. The summed E-state index contributed by atoms with van der Waals surface area (Å²) in [6.45, 7) is 0.499. The number of benzene rings is 3. The van der Waals surface area contributed by atoms with Gasteiger partial charge in [-0.1, -0.05) is 64.5 Å². The van der Waals surface area contributed by atoms with E-state index in [0.29, 0.717) is 12.4 Å². The van der Waals surface area contributed by atoms with Crippen LogP contribution in [0.4, 0.5) is 0 Å². The Hall–Kier alpha value is -2.56. The SMILES string of the molecule is O=C1c2ccccc2[C@@H](c2c(-c3ccc(Br)cc3)[nH]c3ccccc23)N1CCCl. The maximum atomic E-state index is 13.2. The molecule has 0 unspecified atom stereocenters. The van der Waals surface area contributed by atoms with Crippen molar-refractivity contribution >= 4 is 44.3 Å². The fraction of sp³-hybridized carbons (Fsp3) is 0.125. The van der Waals surface area contributed by atoms with Gasteiger partial charge in [-0.3, -0.25) is 4.79 Å². The minimum Gasteiger partial charge on any atom is -0.354 e. The number of hydrogen-bond acceptors (Lipinski definition) is 1. The number of aromatic nitrogens is 1. The van der Waals surface area contributed by atoms with Crippen molar-refractivity contribution in [1.82, 2.24) is 9.88 Å². The number of hydrogen-bond donors (Lipinski definition) is 1. The molecule has 2 heterocycles. The molecule has 1 aliphatic heterocycles. The topological polar surface area (TPSA) is 36.1 Å². The lowest BCUT2D eigenvalue weighted by Crippen LogP contribution is -2.30. The lowest BCUT2D eigenvalue weighted by Gasteiger charge is -2.26. The van der Waals surface area contributed by atoms with Crippen LogP contribution in [0.2, 0.25) is 0 Å². The van der Waals surface area contributed by atoms with E-state index >= 15 is 0 Å². The van der Waals surface area contributed by atoms with Crippen molar-refractivity contribution in [2.24, 2.45) is 0 Å². The molecule has 1 aliphatic rings. The van der Waals surface area contributed by atoms with Crippen molar-refractivity contribution in [1.29, 1.82) is 0 Å². The molecule has 0 radical (unpaired) electrons. The molecule has 1 atom stereocenters. The maximum Gasteiger partial charge on any atom is 0.255 e. The second kappa shape index (κ2) is 7.36. The monoisotopic (exact) mass is 464 g/mol. The Bertz CT molecular complexity index is 1220. The quantitative estimate of drug-likeness (QED) is 0.349. The van der Waals surface area contributed by atoms with Gasteiger partial charge in [-0.2, -0.15) is 0 Å². The third-order valence-corrected chi connectivity index (χ3v) is 6.23. The van der Waals surface area contributed by atoms with Gasteiger partial charge in [0.2, 0.25) is 0 Å². The fourth-order valence-corrected chi connectivity index (χ4v) is 4.74. The lowest BCUT2D eigenvalue weighted by molar-refractivity contribution is 0.0762. The molecule has 144 valence electrons. The Balaban J connectivity index is 1.80. The van der Waals surface area contributed by atoms with E-state index in [9.17, 15) is 4.79 Å². The largest absolute Gasteiger partial charge is 0.354 e. The Labute approximate surface area is 182 Å². The molecule has 0 bridgehead atoms.